The van der Waals surface area contributed by atoms with Gasteiger partial charge in [0.2, 0.25) is 11.9 Å². The number of benzene rings is 1. The van der Waals surface area contributed by atoms with Gasteiger partial charge in [0.15, 0.2) is 0 Å². The van der Waals surface area contributed by atoms with Crippen LogP contribution in [0.2, 0.25) is 0 Å². The van der Waals surface area contributed by atoms with Crippen LogP contribution < -0.4 is 4.90 Å². The topological polar surface area (TPSA) is 109 Å². The van der Waals surface area contributed by atoms with Crippen molar-refractivity contribution < 1.29 is 22.0 Å². The maximum atomic E-state index is 14.6. The molecule has 1 aromatic carbocycles. The zero-order chi connectivity index (χ0) is 28.4. The predicted molar refractivity (Wildman–Crippen MR) is 144 cm³/mol. The molecule has 1 amide bonds. The van der Waals surface area contributed by atoms with Crippen molar-refractivity contribution in [2.24, 2.45) is 5.41 Å². The normalized spacial score (nSPS) is 23.5. The Balaban J connectivity index is 1.33. The van der Waals surface area contributed by atoms with Gasteiger partial charge < -0.3 is 9.80 Å². The minimum absolute atomic E-state index is 0.0557. The molecule has 210 valence electrons. The molecule has 2 aromatic heterocycles. The van der Waals surface area contributed by atoms with Gasteiger partial charge in [-0.05, 0) is 54.0 Å². The van der Waals surface area contributed by atoms with Gasteiger partial charge in [0.25, 0.3) is 0 Å². The van der Waals surface area contributed by atoms with Crippen molar-refractivity contribution in [2.45, 2.75) is 38.0 Å². The number of piperazine rings is 1. The summed E-state index contributed by atoms with van der Waals surface area (Å²) >= 11 is 0. The van der Waals surface area contributed by atoms with E-state index in [1.807, 2.05) is 11.0 Å². The SMILES string of the molecule is CC1(C)[C@H]2CC[C@@]1(c1ccnc(N3CCN(CCS(C)(=O)=O)C(=O)C3)n1)c1nnc(-c3c(F)cccc3F)cc12. The number of nitrogens with zero attached hydrogens (tertiary/aromatic N) is 6. The largest absolute Gasteiger partial charge is 0.338 e. The monoisotopic (exact) mass is 568 g/mol. The summed E-state index contributed by atoms with van der Waals surface area (Å²) in [6, 6.07) is 7.39. The number of hydrogen-bond acceptors (Lipinski definition) is 8. The Morgan fingerprint density at radius 1 is 1.10 bits per heavy atom. The lowest BCUT2D eigenvalue weighted by Gasteiger charge is -2.38. The standard InChI is InChI=1S/C28H30F2N6O3S/c1-27(2)18-7-9-28(27,25-17(18)15-21(33-34-25)24-19(29)5-4-6-20(24)30)22-8-10-31-26(32-22)36-12-11-35(23(37)16-36)13-14-40(3,38)39/h4-6,8,10,15,18H,7,9,11-14,16H2,1-3H3/t18-,28+/m0/s1. The van der Waals surface area contributed by atoms with Crippen LogP contribution in [-0.4, -0.2) is 77.6 Å². The number of halogens is 2. The maximum Gasteiger partial charge on any atom is 0.242 e. The van der Waals surface area contributed by atoms with Crippen LogP contribution in [0.25, 0.3) is 11.3 Å². The second kappa shape index (κ2) is 9.25. The highest BCUT2D eigenvalue weighted by Crippen LogP contribution is 2.69. The molecule has 40 heavy (non-hydrogen) atoms. The highest BCUT2D eigenvalue weighted by Gasteiger charge is 2.65. The van der Waals surface area contributed by atoms with Crippen LogP contribution in [0.15, 0.2) is 36.5 Å². The number of anilines is 1. The lowest BCUT2D eigenvalue weighted by Crippen LogP contribution is -2.52. The Bertz CT molecular complexity index is 1610. The first kappa shape index (κ1) is 26.7. The molecule has 2 bridgehead atoms. The van der Waals surface area contributed by atoms with Crippen molar-refractivity contribution in [2.75, 3.05) is 43.1 Å². The predicted octanol–water partition coefficient (Wildman–Crippen LogP) is 3.11. The van der Waals surface area contributed by atoms with E-state index < -0.39 is 26.9 Å². The third-order valence-electron chi connectivity index (χ3n) is 9.01. The molecule has 0 unspecified atom stereocenters. The van der Waals surface area contributed by atoms with Gasteiger partial charge in [0, 0.05) is 32.1 Å². The number of hydrogen-bond donors (Lipinski definition) is 0. The first-order valence-corrected chi connectivity index (χ1v) is 15.3. The summed E-state index contributed by atoms with van der Waals surface area (Å²) in [6.45, 7) is 5.42. The zero-order valence-corrected chi connectivity index (χ0v) is 23.4. The van der Waals surface area contributed by atoms with Crippen molar-refractivity contribution in [1.29, 1.82) is 0 Å². The molecule has 3 aliphatic rings. The average molecular weight is 569 g/mol. The molecule has 1 saturated carbocycles. The summed E-state index contributed by atoms with van der Waals surface area (Å²) < 4.78 is 52.2. The number of amides is 1. The van der Waals surface area contributed by atoms with E-state index in [0.29, 0.717) is 19.0 Å². The fraction of sp³-hybridized carbons (Fsp3) is 0.464. The van der Waals surface area contributed by atoms with Gasteiger partial charge in [-0.3, -0.25) is 4.79 Å². The Morgan fingerprint density at radius 2 is 1.85 bits per heavy atom. The number of carbonyl (C=O) groups excluding carboxylic acids is 1. The molecule has 0 spiro atoms. The van der Waals surface area contributed by atoms with Crippen LogP contribution in [0.4, 0.5) is 14.7 Å². The van der Waals surface area contributed by atoms with Gasteiger partial charge in [-0.2, -0.15) is 5.10 Å². The van der Waals surface area contributed by atoms with E-state index in [1.165, 1.54) is 18.2 Å². The lowest BCUT2D eigenvalue weighted by atomic mass is 9.66. The highest BCUT2D eigenvalue weighted by atomic mass is 32.2. The van der Waals surface area contributed by atoms with Crippen LogP contribution in [0, 0.1) is 17.0 Å². The van der Waals surface area contributed by atoms with E-state index in [1.54, 1.807) is 17.2 Å². The molecule has 6 rings (SSSR count). The van der Waals surface area contributed by atoms with E-state index in [4.69, 9.17) is 4.98 Å². The van der Waals surface area contributed by atoms with Crippen LogP contribution in [0.1, 0.15) is 49.6 Å². The van der Waals surface area contributed by atoms with Gasteiger partial charge in [-0.1, -0.05) is 19.9 Å². The summed E-state index contributed by atoms with van der Waals surface area (Å²) in [5, 5.41) is 8.87. The van der Waals surface area contributed by atoms with Gasteiger partial charge >= 0.3 is 0 Å². The fourth-order valence-electron chi connectivity index (χ4n) is 6.89. The van der Waals surface area contributed by atoms with E-state index in [9.17, 15) is 22.0 Å². The number of sulfone groups is 1. The van der Waals surface area contributed by atoms with Gasteiger partial charge in [-0.15, -0.1) is 5.10 Å². The molecule has 2 aliphatic carbocycles. The van der Waals surface area contributed by atoms with Crippen LogP contribution >= 0.6 is 0 Å². The molecule has 9 nitrogen and oxygen atoms in total. The Labute approximate surface area is 231 Å². The molecule has 2 atom stereocenters. The zero-order valence-electron chi connectivity index (χ0n) is 22.6. The van der Waals surface area contributed by atoms with Crippen molar-refractivity contribution in [3.8, 4) is 11.3 Å². The van der Waals surface area contributed by atoms with Gasteiger partial charge in [-0.25, -0.2) is 27.2 Å². The summed E-state index contributed by atoms with van der Waals surface area (Å²) in [5.74, 6) is -1.09. The third kappa shape index (κ3) is 4.06. The van der Waals surface area contributed by atoms with Crippen LogP contribution in [-0.2, 0) is 20.0 Å². The van der Waals surface area contributed by atoms with E-state index in [2.05, 4.69) is 29.0 Å². The third-order valence-corrected chi connectivity index (χ3v) is 9.94. The molecule has 1 saturated heterocycles. The van der Waals surface area contributed by atoms with Crippen LogP contribution in [0.5, 0.6) is 0 Å². The number of rotatable bonds is 6. The quantitative estimate of drug-likeness (QED) is 0.446. The summed E-state index contributed by atoms with van der Waals surface area (Å²) in [4.78, 5) is 25.6. The van der Waals surface area contributed by atoms with E-state index in [0.717, 1.165) is 36.0 Å². The second-order valence-corrected chi connectivity index (χ2v) is 13.8. The maximum absolute atomic E-state index is 14.6. The second-order valence-electron chi connectivity index (χ2n) is 11.5. The molecule has 0 radical (unpaired) electrons. The molecule has 3 aromatic rings. The van der Waals surface area contributed by atoms with Crippen molar-refractivity contribution in [1.82, 2.24) is 25.1 Å². The fourth-order valence-corrected chi connectivity index (χ4v) is 7.44. The highest BCUT2D eigenvalue weighted by molar-refractivity contribution is 7.90. The minimum Gasteiger partial charge on any atom is -0.338 e. The van der Waals surface area contributed by atoms with Crippen molar-refractivity contribution in [3.05, 3.63) is 65.1 Å². The summed E-state index contributed by atoms with van der Waals surface area (Å²) in [7, 11) is -3.17. The Hall–Kier alpha value is -3.54. The lowest BCUT2D eigenvalue weighted by molar-refractivity contribution is -0.130. The summed E-state index contributed by atoms with van der Waals surface area (Å²) in [5.41, 5.74) is 1.57. The Morgan fingerprint density at radius 3 is 2.55 bits per heavy atom. The van der Waals surface area contributed by atoms with Crippen LogP contribution in [0.3, 0.4) is 0 Å². The average Bonchev–Trinajstić information content (AvgIpc) is 3.28. The first-order valence-electron chi connectivity index (χ1n) is 13.3. The van der Waals surface area contributed by atoms with E-state index >= 15 is 0 Å². The number of aromatic nitrogens is 4. The number of fused-ring (bicyclic) bond motifs is 5. The molecule has 3 heterocycles. The molecular weight excluding hydrogens is 538 g/mol. The smallest absolute Gasteiger partial charge is 0.242 e. The van der Waals surface area contributed by atoms with E-state index in [-0.39, 0.29) is 47.3 Å². The van der Waals surface area contributed by atoms with Gasteiger partial charge in [0.1, 0.15) is 21.5 Å². The number of carbonyl (C=O) groups is 1. The van der Waals surface area contributed by atoms with Crippen molar-refractivity contribution in [3.63, 3.8) is 0 Å². The molecule has 1 aliphatic heterocycles. The molecular formula is C28H30F2N6O3S. The van der Waals surface area contributed by atoms with Crippen molar-refractivity contribution >= 4 is 21.7 Å². The molecule has 0 N–H and O–H groups in total. The first-order chi connectivity index (χ1) is 18.9. The minimum atomic E-state index is -3.17. The Kier molecular flexibility index (Phi) is 6.17. The van der Waals surface area contributed by atoms with Gasteiger partial charge in [0.05, 0.1) is 40.4 Å². The molecule has 2 fully saturated rings. The molecule has 12 heteroatoms. The summed E-state index contributed by atoms with van der Waals surface area (Å²) in [6.07, 6.45) is 4.49.